The summed E-state index contributed by atoms with van der Waals surface area (Å²) >= 11 is 0. The molecule has 27 heavy (non-hydrogen) atoms. The quantitative estimate of drug-likeness (QED) is 0.660. The zero-order valence-corrected chi connectivity index (χ0v) is 15.9. The lowest BCUT2D eigenvalue weighted by atomic mass is 10.0. The molecule has 2 N–H and O–H groups in total. The molecular weight excluding hydrogens is 336 g/mol. The number of anilines is 2. The van der Waals surface area contributed by atoms with E-state index >= 15 is 0 Å². The van der Waals surface area contributed by atoms with E-state index in [0.29, 0.717) is 5.92 Å². The van der Waals surface area contributed by atoms with Crippen LogP contribution in [0.5, 0.6) is 5.75 Å². The molecule has 0 bridgehead atoms. The molecule has 0 radical (unpaired) electrons. The molecule has 3 aromatic rings. The van der Waals surface area contributed by atoms with E-state index in [1.54, 1.807) is 0 Å². The normalized spacial score (nSPS) is 13.9. The minimum atomic E-state index is 0.439. The number of H-pyrrole nitrogens is 1. The molecule has 0 aliphatic carbocycles. The zero-order valence-electron chi connectivity index (χ0n) is 15.9. The summed E-state index contributed by atoms with van der Waals surface area (Å²) in [5.74, 6) is 2.82. The van der Waals surface area contributed by atoms with Crippen molar-refractivity contribution in [2.24, 2.45) is 0 Å². The van der Waals surface area contributed by atoms with Crippen LogP contribution in [0.25, 0.3) is 11.0 Å². The van der Waals surface area contributed by atoms with Gasteiger partial charge in [-0.25, -0.2) is 4.98 Å². The van der Waals surface area contributed by atoms with Crippen LogP contribution in [-0.2, 0) is 0 Å². The number of benzene rings is 2. The van der Waals surface area contributed by atoms with Gasteiger partial charge in [-0.05, 0) is 41.8 Å². The number of imidazole rings is 1. The Labute approximate surface area is 159 Å². The van der Waals surface area contributed by atoms with Crippen LogP contribution in [0.1, 0.15) is 25.3 Å². The van der Waals surface area contributed by atoms with Gasteiger partial charge in [-0.2, -0.15) is 0 Å². The summed E-state index contributed by atoms with van der Waals surface area (Å²) < 4.78 is 5.97. The number of fused-ring (bicyclic) bond motifs is 1. The smallest absolute Gasteiger partial charge is 0.205 e. The molecule has 0 fully saturated rings. The van der Waals surface area contributed by atoms with Gasteiger partial charge in [0.05, 0.1) is 11.0 Å². The summed E-state index contributed by atoms with van der Waals surface area (Å²) in [6.07, 6.45) is 6.04. The average Bonchev–Trinajstić information content (AvgIpc) is 3.05. The van der Waals surface area contributed by atoms with Crippen LogP contribution in [0.15, 0.2) is 66.6 Å². The van der Waals surface area contributed by atoms with Gasteiger partial charge in [-0.1, -0.05) is 32.0 Å². The summed E-state index contributed by atoms with van der Waals surface area (Å²) in [6.45, 7) is 5.23. The fraction of sp³-hybridized carbons (Fsp3) is 0.227. The van der Waals surface area contributed by atoms with Gasteiger partial charge >= 0.3 is 0 Å². The summed E-state index contributed by atoms with van der Waals surface area (Å²) in [4.78, 5) is 10.1. The Bertz CT molecular complexity index is 1020. The Morgan fingerprint density at radius 1 is 1.19 bits per heavy atom. The Hall–Kier alpha value is -3.21. The van der Waals surface area contributed by atoms with Crippen LogP contribution in [0.3, 0.4) is 0 Å². The molecule has 0 amide bonds. The van der Waals surface area contributed by atoms with Crippen molar-refractivity contribution in [3.05, 3.63) is 72.1 Å². The molecule has 138 valence electrons. The number of nitrogens with zero attached hydrogens (tertiary/aromatic N) is 2. The first-order valence-corrected chi connectivity index (χ1v) is 9.20. The lowest BCUT2D eigenvalue weighted by Gasteiger charge is -2.17. The number of nitrogens with one attached hydrogen (secondary N) is 2. The highest BCUT2D eigenvalue weighted by Gasteiger charge is 2.10. The topological polar surface area (TPSA) is 53.2 Å². The molecular formula is C22H24N4O. The van der Waals surface area contributed by atoms with Crippen molar-refractivity contribution in [3.63, 3.8) is 0 Å². The first-order valence-electron chi connectivity index (χ1n) is 9.20. The van der Waals surface area contributed by atoms with Crippen LogP contribution in [0.2, 0.25) is 0 Å². The number of para-hydroxylation sites is 1. The van der Waals surface area contributed by atoms with Gasteiger partial charge in [0, 0.05) is 31.5 Å². The van der Waals surface area contributed by atoms with Crippen molar-refractivity contribution in [2.45, 2.75) is 19.8 Å². The van der Waals surface area contributed by atoms with Crippen molar-refractivity contribution >= 4 is 22.7 Å². The molecule has 1 aliphatic rings. The lowest BCUT2D eigenvalue weighted by molar-refractivity contribution is 0.416. The van der Waals surface area contributed by atoms with E-state index in [1.807, 2.05) is 43.6 Å². The molecule has 0 saturated heterocycles. The number of aromatic amines is 1. The second-order valence-electron chi connectivity index (χ2n) is 7.10. The Balaban J connectivity index is 1.56. The highest BCUT2D eigenvalue weighted by molar-refractivity contribution is 5.80. The molecule has 2 aromatic carbocycles. The second-order valence-corrected chi connectivity index (χ2v) is 7.10. The SMILES string of the molecule is CC(C)c1ccccc1Nc1nc2ccc(OC3=CCN(C)C=C3)cc2[nH]1. The maximum atomic E-state index is 5.97. The van der Waals surface area contributed by atoms with E-state index in [0.717, 1.165) is 40.7 Å². The van der Waals surface area contributed by atoms with E-state index in [1.165, 1.54) is 5.56 Å². The van der Waals surface area contributed by atoms with Crippen molar-refractivity contribution in [3.8, 4) is 5.75 Å². The van der Waals surface area contributed by atoms with Crippen LogP contribution in [0.4, 0.5) is 11.6 Å². The van der Waals surface area contributed by atoms with Crippen molar-refractivity contribution < 1.29 is 4.74 Å². The van der Waals surface area contributed by atoms with E-state index in [-0.39, 0.29) is 0 Å². The van der Waals surface area contributed by atoms with E-state index < -0.39 is 0 Å². The molecule has 0 spiro atoms. The molecule has 0 unspecified atom stereocenters. The Morgan fingerprint density at radius 3 is 2.81 bits per heavy atom. The minimum Gasteiger partial charge on any atom is -0.458 e. The van der Waals surface area contributed by atoms with E-state index in [9.17, 15) is 0 Å². The summed E-state index contributed by atoms with van der Waals surface area (Å²) in [5, 5.41) is 3.41. The fourth-order valence-electron chi connectivity index (χ4n) is 3.13. The van der Waals surface area contributed by atoms with E-state index in [4.69, 9.17) is 4.74 Å². The third kappa shape index (κ3) is 3.82. The van der Waals surface area contributed by atoms with Crippen LogP contribution >= 0.6 is 0 Å². The summed E-state index contributed by atoms with van der Waals surface area (Å²) in [6, 6.07) is 14.2. The summed E-state index contributed by atoms with van der Waals surface area (Å²) in [5.41, 5.74) is 4.18. The number of hydrogen-bond acceptors (Lipinski definition) is 4. The largest absolute Gasteiger partial charge is 0.458 e. The fourth-order valence-corrected chi connectivity index (χ4v) is 3.13. The first kappa shape index (κ1) is 17.2. The maximum absolute atomic E-state index is 5.97. The molecule has 5 nitrogen and oxygen atoms in total. The molecule has 0 atom stereocenters. The van der Waals surface area contributed by atoms with Crippen molar-refractivity contribution in [1.82, 2.24) is 14.9 Å². The Kier molecular flexibility index (Phi) is 4.59. The number of aromatic nitrogens is 2. The monoisotopic (exact) mass is 360 g/mol. The zero-order chi connectivity index (χ0) is 18.8. The molecule has 1 aromatic heterocycles. The van der Waals surface area contributed by atoms with Gasteiger partial charge in [-0.3, -0.25) is 0 Å². The molecule has 4 rings (SSSR count). The van der Waals surface area contributed by atoms with Crippen LogP contribution < -0.4 is 10.1 Å². The van der Waals surface area contributed by atoms with E-state index in [2.05, 4.69) is 58.3 Å². The van der Waals surface area contributed by atoms with Crippen LogP contribution in [-0.4, -0.2) is 28.5 Å². The second kappa shape index (κ2) is 7.19. The van der Waals surface area contributed by atoms with Gasteiger partial charge < -0.3 is 19.9 Å². The van der Waals surface area contributed by atoms with Crippen LogP contribution in [0, 0.1) is 0 Å². The van der Waals surface area contributed by atoms with Gasteiger partial charge in [0.1, 0.15) is 11.5 Å². The van der Waals surface area contributed by atoms with Gasteiger partial charge in [0.15, 0.2) is 0 Å². The number of likely N-dealkylation sites (N-methyl/N-ethyl adjacent to an activating group) is 1. The predicted molar refractivity (Wildman–Crippen MR) is 110 cm³/mol. The number of ether oxygens (including phenoxy) is 1. The lowest BCUT2D eigenvalue weighted by Crippen LogP contribution is -2.15. The average molecular weight is 360 g/mol. The summed E-state index contributed by atoms with van der Waals surface area (Å²) in [7, 11) is 2.03. The molecule has 1 aliphatic heterocycles. The number of hydrogen-bond donors (Lipinski definition) is 2. The maximum Gasteiger partial charge on any atom is 0.205 e. The molecule has 2 heterocycles. The third-order valence-corrected chi connectivity index (χ3v) is 4.60. The number of rotatable bonds is 5. The minimum absolute atomic E-state index is 0.439. The predicted octanol–water partition coefficient (Wildman–Crippen LogP) is 5.15. The first-order chi connectivity index (χ1) is 13.1. The van der Waals surface area contributed by atoms with Crippen molar-refractivity contribution in [2.75, 3.05) is 18.9 Å². The van der Waals surface area contributed by atoms with Gasteiger partial charge in [0.25, 0.3) is 0 Å². The van der Waals surface area contributed by atoms with Crippen molar-refractivity contribution in [1.29, 1.82) is 0 Å². The molecule has 0 saturated carbocycles. The molecule has 5 heteroatoms. The Morgan fingerprint density at radius 2 is 2.04 bits per heavy atom. The number of allylic oxidation sites excluding steroid dienone is 1. The highest BCUT2D eigenvalue weighted by atomic mass is 16.5. The van der Waals surface area contributed by atoms with Gasteiger partial charge in [0.2, 0.25) is 5.95 Å². The highest BCUT2D eigenvalue weighted by Crippen LogP contribution is 2.28. The van der Waals surface area contributed by atoms with Gasteiger partial charge in [-0.15, -0.1) is 0 Å². The third-order valence-electron chi connectivity index (χ3n) is 4.60. The standard InChI is InChI=1S/C22H24N4O/c1-15(2)18-6-4-5-7-19(18)23-22-24-20-9-8-17(14-21(20)25-22)27-16-10-12-26(3)13-11-16/h4-12,14-15H,13H2,1-3H3,(H2,23,24,25).